The van der Waals surface area contributed by atoms with Gasteiger partial charge in [0.05, 0.1) is 28.1 Å². The highest BCUT2D eigenvalue weighted by Crippen LogP contribution is 2.48. The van der Waals surface area contributed by atoms with Gasteiger partial charge in [0.1, 0.15) is 6.67 Å². The first kappa shape index (κ1) is 28.5. The number of nitrogens with zero attached hydrogens (tertiary/aromatic N) is 4. The molecule has 4 aromatic carbocycles. The highest BCUT2D eigenvalue weighted by molar-refractivity contribution is 6.20. The lowest BCUT2D eigenvalue weighted by Gasteiger charge is -2.30. The molecule has 2 aliphatic carbocycles. The molecule has 0 saturated heterocycles. The first-order valence-electron chi connectivity index (χ1n) is 16.1. The topological polar surface area (TPSA) is 32.9 Å². The second-order valence-corrected chi connectivity index (χ2v) is 11.9. The number of benzene rings is 4. The molecule has 1 aromatic heterocycles. The third-order valence-electron chi connectivity index (χ3n) is 9.13. The van der Waals surface area contributed by atoms with Crippen molar-refractivity contribution >= 4 is 57.3 Å². The van der Waals surface area contributed by atoms with Gasteiger partial charge < -0.3 is 9.47 Å². The molecule has 1 aliphatic heterocycles. The van der Waals surface area contributed by atoms with Crippen LogP contribution in [0.25, 0.3) is 44.8 Å². The minimum Gasteiger partial charge on any atom is -0.327 e. The Hall–Kier alpha value is -6.00. The molecular formula is C43H34N4. The largest absolute Gasteiger partial charge is 0.327 e. The van der Waals surface area contributed by atoms with Crippen molar-refractivity contribution in [1.82, 2.24) is 4.57 Å². The second-order valence-electron chi connectivity index (χ2n) is 11.9. The van der Waals surface area contributed by atoms with E-state index in [1.54, 1.807) is 0 Å². The van der Waals surface area contributed by atoms with Crippen LogP contribution in [0.15, 0.2) is 162 Å². The number of para-hydroxylation sites is 2. The summed E-state index contributed by atoms with van der Waals surface area (Å²) in [5.74, 6) is 0. The zero-order valence-corrected chi connectivity index (χ0v) is 26.2. The van der Waals surface area contributed by atoms with Crippen LogP contribution in [0.1, 0.15) is 28.7 Å². The highest BCUT2D eigenvalue weighted by Gasteiger charge is 2.29. The molecule has 2 heterocycles. The van der Waals surface area contributed by atoms with Crippen molar-refractivity contribution in [3.63, 3.8) is 0 Å². The van der Waals surface area contributed by atoms with E-state index >= 15 is 0 Å². The number of hydrogen-bond acceptors (Lipinski definition) is 3. The van der Waals surface area contributed by atoms with Crippen LogP contribution in [0.2, 0.25) is 0 Å². The van der Waals surface area contributed by atoms with E-state index in [2.05, 4.69) is 143 Å². The summed E-state index contributed by atoms with van der Waals surface area (Å²) in [6, 6.07) is 29.6. The van der Waals surface area contributed by atoms with Crippen LogP contribution < -0.4 is 4.90 Å². The molecule has 226 valence electrons. The lowest BCUT2D eigenvalue weighted by Crippen LogP contribution is -2.22. The molecule has 3 aliphatic rings. The molecule has 0 bridgehead atoms. The third kappa shape index (κ3) is 4.86. The Morgan fingerprint density at radius 3 is 2.36 bits per heavy atom. The Morgan fingerprint density at radius 2 is 1.53 bits per heavy atom. The predicted molar refractivity (Wildman–Crippen MR) is 201 cm³/mol. The van der Waals surface area contributed by atoms with Gasteiger partial charge in [-0.15, -0.1) is 0 Å². The molecule has 5 aromatic rings. The van der Waals surface area contributed by atoms with E-state index in [0.717, 1.165) is 52.2 Å². The van der Waals surface area contributed by atoms with Crippen LogP contribution in [0.4, 0.5) is 5.69 Å². The SMILES string of the molecule is C=N/C(=C1/C=CC=CC1=NCN1/C=C\C=C/C(=C)c2c1c1c(c3c2c2ccccc2n3-c2ccccc2)C=CCC1)c1ccccc1. The molecular weight excluding hydrogens is 573 g/mol. The van der Waals surface area contributed by atoms with Crippen LogP contribution >= 0.6 is 0 Å². The normalized spacial score (nSPS) is 18.6. The van der Waals surface area contributed by atoms with E-state index in [9.17, 15) is 0 Å². The van der Waals surface area contributed by atoms with Crippen LogP contribution in [0.3, 0.4) is 0 Å². The van der Waals surface area contributed by atoms with Gasteiger partial charge in [-0.05, 0) is 61.0 Å². The van der Waals surface area contributed by atoms with Gasteiger partial charge in [-0.25, -0.2) is 0 Å². The molecule has 0 saturated carbocycles. The van der Waals surface area contributed by atoms with Crippen molar-refractivity contribution < 1.29 is 0 Å². The summed E-state index contributed by atoms with van der Waals surface area (Å²) >= 11 is 0. The molecule has 4 nitrogen and oxygen atoms in total. The summed E-state index contributed by atoms with van der Waals surface area (Å²) in [6.45, 7) is 9.00. The van der Waals surface area contributed by atoms with Crippen molar-refractivity contribution in [2.75, 3.05) is 11.6 Å². The highest BCUT2D eigenvalue weighted by atomic mass is 15.2. The Kier molecular flexibility index (Phi) is 7.31. The van der Waals surface area contributed by atoms with E-state index < -0.39 is 0 Å². The minimum absolute atomic E-state index is 0.430. The number of fused-ring (bicyclic) bond motifs is 8. The molecule has 0 fully saturated rings. The number of hydrogen-bond donors (Lipinski definition) is 0. The molecule has 0 N–H and O–H groups in total. The van der Waals surface area contributed by atoms with Gasteiger partial charge in [-0.1, -0.05) is 116 Å². The quantitative estimate of drug-likeness (QED) is 0.183. The Bertz CT molecular complexity index is 2290. The molecule has 0 unspecified atom stereocenters. The molecule has 0 radical (unpaired) electrons. The van der Waals surface area contributed by atoms with E-state index in [0.29, 0.717) is 6.67 Å². The monoisotopic (exact) mass is 606 g/mol. The third-order valence-corrected chi connectivity index (χ3v) is 9.13. The number of aliphatic imine (C=N–C) groups is 2. The van der Waals surface area contributed by atoms with E-state index in [1.165, 1.54) is 38.6 Å². The van der Waals surface area contributed by atoms with E-state index in [4.69, 9.17) is 4.99 Å². The zero-order chi connectivity index (χ0) is 31.7. The van der Waals surface area contributed by atoms with Gasteiger partial charge in [-0.3, -0.25) is 9.98 Å². The van der Waals surface area contributed by atoms with Gasteiger partial charge in [0.15, 0.2) is 0 Å². The smallest absolute Gasteiger partial charge is 0.115 e. The van der Waals surface area contributed by atoms with Crippen LogP contribution in [-0.4, -0.2) is 23.7 Å². The molecule has 47 heavy (non-hydrogen) atoms. The molecule has 4 heteroatoms. The average Bonchev–Trinajstić information content (AvgIpc) is 3.47. The zero-order valence-electron chi connectivity index (χ0n) is 26.2. The summed E-state index contributed by atoms with van der Waals surface area (Å²) < 4.78 is 2.43. The average molecular weight is 607 g/mol. The van der Waals surface area contributed by atoms with Gasteiger partial charge in [0.25, 0.3) is 0 Å². The maximum atomic E-state index is 5.25. The number of anilines is 1. The van der Waals surface area contributed by atoms with Crippen LogP contribution in [0, 0.1) is 0 Å². The fourth-order valence-electron chi connectivity index (χ4n) is 7.12. The first-order chi connectivity index (χ1) is 23.2. The second kappa shape index (κ2) is 12.1. The van der Waals surface area contributed by atoms with Gasteiger partial charge >= 0.3 is 0 Å². The van der Waals surface area contributed by atoms with Gasteiger partial charge in [0, 0.05) is 44.9 Å². The summed E-state index contributed by atoms with van der Waals surface area (Å²) in [4.78, 5) is 12.0. The summed E-state index contributed by atoms with van der Waals surface area (Å²) in [7, 11) is 0. The minimum atomic E-state index is 0.430. The Balaban J connectivity index is 1.38. The van der Waals surface area contributed by atoms with Crippen molar-refractivity contribution in [1.29, 1.82) is 0 Å². The van der Waals surface area contributed by atoms with Crippen molar-refractivity contribution in [3.8, 4) is 5.69 Å². The van der Waals surface area contributed by atoms with Crippen molar-refractivity contribution in [2.45, 2.75) is 12.8 Å². The Labute approximate surface area is 275 Å². The first-order valence-corrected chi connectivity index (χ1v) is 16.1. The van der Waals surface area contributed by atoms with Gasteiger partial charge in [-0.2, -0.15) is 0 Å². The summed E-state index contributed by atoms with van der Waals surface area (Å²) in [5.41, 5.74) is 13.1. The van der Waals surface area contributed by atoms with Crippen molar-refractivity contribution in [2.24, 2.45) is 9.98 Å². The van der Waals surface area contributed by atoms with Gasteiger partial charge in [0.2, 0.25) is 0 Å². The van der Waals surface area contributed by atoms with Crippen molar-refractivity contribution in [3.05, 3.63) is 174 Å². The summed E-state index contributed by atoms with van der Waals surface area (Å²) in [5, 5.41) is 2.43. The molecule has 0 atom stereocenters. The van der Waals surface area contributed by atoms with Crippen LogP contribution in [-0.2, 0) is 6.42 Å². The maximum absolute atomic E-state index is 5.25. The molecule has 0 spiro atoms. The number of rotatable bonds is 5. The standard InChI is InChI=1S/C43H34N4/c1-30-17-15-16-28-46(29-45-37-26-13-11-24-35(37)41(44-2)31-18-5-3-6-19-31)42-33-22-9-10-23-34(33)43-40(39(30)42)36-25-12-14-27-38(36)47(43)32-20-7-4-8-21-32/h3-8,10-21,23-28H,1-2,9,22,29H2/b17-15-,28-16-,41-35-,45-37?. The van der Waals surface area contributed by atoms with E-state index in [-0.39, 0.29) is 0 Å². The fourth-order valence-corrected chi connectivity index (χ4v) is 7.12. The number of allylic oxidation sites excluding steroid dienone is 10. The predicted octanol–water partition coefficient (Wildman–Crippen LogP) is 10.3. The lowest BCUT2D eigenvalue weighted by molar-refractivity contribution is 0.928. The van der Waals surface area contributed by atoms with Crippen LogP contribution in [0.5, 0.6) is 0 Å². The lowest BCUT2D eigenvalue weighted by atomic mass is 9.86. The molecule has 0 amide bonds. The Morgan fingerprint density at radius 1 is 0.787 bits per heavy atom. The van der Waals surface area contributed by atoms with E-state index in [1.807, 2.05) is 30.4 Å². The number of aromatic nitrogens is 1. The summed E-state index contributed by atoms with van der Waals surface area (Å²) in [6.07, 6.45) is 23.2. The maximum Gasteiger partial charge on any atom is 0.115 e. The fraction of sp³-hybridized carbons (Fsp3) is 0.0698. The molecule has 8 rings (SSSR count).